The van der Waals surface area contributed by atoms with Gasteiger partial charge in [-0.05, 0) is 13.0 Å². The second-order valence-electron chi connectivity index (χ2n) is 5.39. The number of aromatic amines is 1. The summed E-state index contributed by atoms with van der Waals surface area (Å²) >= 11 is 7.25. The van der Waals surface area contributed by atoms with Gasteiger partial charge < -0.3 is 10.7 Å². The van der Waals surface area contributed by atoms with Crippen LogP contribution in [0, 0.1) is 0 Å². The van der Waals surface area contributed by atoms with Crippen molar-refractivity contribution in [3.63, 3.8) is 0 Å². The first-order valence-electron chi connectivity index (χ1n) is 7.13. The maximum absolute atomic E-state index is 11.5. The van der Waals surface area contributed by atoms with Gasteiger partial charge in [-0.15, -0.1) is 0 Å². The minimum absolute atomic E-state index is 0.0942. The fraction of sp³-hybridized carbons (Fsp3) is 0.214. The molecule has 0 fully saturated rings. The highest BCUT2D eigenvalue weighted by atomic mass is 35.5. The number of sulfonamides is 1. The molecular formula is C14H15ClN6O2S2. The largest absolute Gasteiger partial charge is 0.384 e. The summed E-state index contributed by atoms with van der Waals surface area (Å²) in [5.41, 5.74) is 7.63. The molecule has 0 aliphatic heterocycles. The molecule has 1 atom stereocenters. The third-order valence-electron chi connectivity index (χ3n) is 3.28. The first-order valence-corrected chi connectivity index (χ1v) is 10.3. The van der Waals surface area contributed by atoms with Crippen molar-refractivity contribution in [3.05, 3.63) is 35.4 Å². The van der Waals surface area contributed by atoms with Crippen molar-refractivity contribution in [2.45, 2.75) is 17.3 Å². The van der Waals surface area contributed by atoms with E-state index in [1.54, 1.807) is 12.4 Å². The standard InChI is InChI=1S/C14H15ClN6O2S2/c1-7(24-14-19-12(15)4-13(16)20-14)9-3-8-10(5-17-9)18-6-11(8)21-25(2,22)23/h3-7,18,21H,1-2H3,(H2,16,19,20). The molecule has 25 heavy (non-hydrogen) atoms. The van der Waals surface area contributed by atoms with Gasteiger partial charge in [0.05, 0.1) is 34.6 Å². The van der Waals surface area contributed by atoms with E-state index in [2.05, 4.69) is 24.7 Å². The number of hydrogen-bond donors (Lipinski definition) is 3. The van der Waals surface area contributed by atoms with E-state index in [0.29, 0.717) is 16.7 Å². The predicted octanol–water partition coefficient (Wildman–Crippen LogP) is 2.81. The lowest BCUT2D eigenvalue weighted by atomic mass is 10.2. The highest BCUT2D eigenvalue weighted by molar-refractivity contribution is 7.99. The average molecular weight is 399 g/mol. The third kappa shape index (κ3) is 4.33. The van der Waals surface area contributed by atoms with Crippen LogP contribution in [-0.4, -0.2) is 34.6 Å². The van der Waals surface area contributed by atoms with Crippen LogP contribution in [0.15, 0.2) is 29.7 Å². The molecule has 3 heterocycles. The lowest BCUT2D eigenvalue weighted by Crippen LogP contribution is -2.09. The van der Waals surface area contributed by atoms with E-state index >= 15 is 0 Å². The van der Waals surface area contributed by atoms with Gasteiger partial charge >= 0.3 is 0 Å². The highest BCUT2D eigenvalue weighted by Crippen LogP contribution is 2.35. The molecule has 8 nitrogen and oxygen atoms in total. The summed E-state index contributed by atoms with van der Waals surface area (Å²) in [4.78, 5) is 15.7. The Hall–Kier alpha value is -2.04. The zero-order valence-corrected chi connectivity index (χ0v) is 15.7. The smallest absolute Gasteiger partial charge is 0.229 e. The van der Waals surface area contributed by atoms with E-state index in [0.717, 1.165) is 22.9 Å². The number of nitrogens with one attached hydrogen (secondary N) is 2. The normalized spacial score (nSPS) is 13.1. The van der Waals surface area contributed by atoms with Crippen molar-refractivity contribution >= 4 is 55.8 Å². The van der Waals surface area contributed by atoms with Gasteiger partial charge in [0, 0.05) is 17.6 Å². The van der Waals surface area contributed by atoms with E-state index < -0.39 is 10.0 Å². The van der Waals surface area contributed by atoms with Crippen LogP contribution in [0.5, 0.6) is 0 Å². The first-order chi connectivity index (χ1) is 11.7. The number of thioether (sulfide) groups is 1. The van der Waals surface area contributed by atoms with Gasteiger partial charge in [0.1, 0.15) is 11.0 Å². The molecular weight excluding hydrogens is 384 g/mol. The topological polar surface area (TPSA) is 127 Å². The Bertz CT molecular complexity index is 1020. The van der Waals surface area contributed by atoms with Crippen LogP contribution in [0.25, 0.3) is 10.9 Å². The number of anilines is 2. The molecule has 0 amide bonds. The van der Waals surface area contributed by atoms with Crippen LogP contribution in [0.1, 0.15) is 17.9 Å². The minimum Gasteiger partial charge on any atom is -0.384 e. The zero-order chi connectivity index (χ0) is 18.2. The van der Waals surface area contributed by atoms with Gasteiger partial charge in [-0.25, -0.2) is 18.4 Å². The molecule has 0 radical (unpaired) electrons. The Kier molecular flexibility index (Phi) is 4.76. The lowest BCUT2D eigenvalue weighted by molar-refractivity contribution is 0.607. The zero-order valence-electron chi connectivity index (χ0n) is 13.3. The SMILES string of the molecule is CC(Sc1nc(N)cc(Cl)n1)c1cc2c(NS(C)(=O)=O)c[nH]c2cn1. The number of nitrogens with two attached hydrogens (primary N) is 1. The molecule has 0 spiro atoms. The monoisotopic (exact) mass is 398 g/mol. The summed E-state index contributed by atoms with van der Waals surface area (Å²) in [5, 5.41) is 1.36. The van der Waals surface area contributed by atoms with Crippen molar-refractivity contribution < 1.29 is 8.42 Å². The van der Waals surface area contributed by atoms with E-state index in [-0.39, 0.29) is 10.4 Å². The predicted molar refractivity (Wildman–Crippen MR) is 100 cm³/mol. The van der Waals surface area contributed by atoms with E-state index in [9.17, 15) is 8.42 Å². The van der Waals surface area contributed by atoms with Crippen molar-refractivity contribution in [3.8, 4) is 0 Å². The number of nitrogens with zero attached hydrogens (tertiary/aromatic N) is 3. The molecule has 0 saturated carbocycles. The average Bonchev–Trinajstić information content (AvgIpc) is 2.86. The summed E-state index contributed by atoms with van der Waals surface area (Å²) in [5.74, 6) is 0.295. The van der Waals surface area contributed by atoms with Gasteiger partial charge in [0.2, 0.25) is 10.0 Å². The first kappa shape index (κ1) is 17.8. The van der Waals surface area contributed by atoms with Crippen molar-refractivity contribution in [1.29, 1.82) is 0 Å². The van der Waals surface area contributed by atoms with Crippen molar-refractivity contribution in [1.82, 2.24) is 19.9 Å². The Labute approximate surface area is 153 Å². The lowest BCUT2D eigenvalue weighted by Gasteiger charge is -2.10. The third-order valence-corrected chi connectivity index (χ3v) is 5.05. The molecule has 0 aromatic carbocycles. The van der Waals surface area contributed by atoms with Crippen LogP contribution < -0.4 is 10.5 Å². The summed E-state index contributed by atoms with van der Waals surface area (Å²) in [6.07, 6.45) is 4.35. The number of nitrogen functional groups attached to an aromatic ring is 1. The van der Waals surface area contributed by atoms with Crippen LogP contribution in [0.3, 0.4) is 0 Å². The maximum Gasteiger partial charge on any atom is 0.229 e. The maximum atomic E-state index is 11.5. The number of H-pyrrole nitrogens is 1. The number of halogens is 1. The summed E-state index contributed by atoms with van der Waals surface area (Å²) in [7, 11) is -3.37. The number of hydrogen-bond acceptors (Lipinski definition) is 7. The van der Waals surface area contributed by atoms with E-state index in [1.807, 2.05) is 13.0 Å². The molecule has 0 bridgehead atoms. The molecule has 0 aliphatic carbocycles. The van der Waals surface area contributed by atoms with Crippen molar-refractivity contribution in [2.75, 3.05) is 16.7 Å². The van der Waals surface area contributed by atoms with Crippen LogP contribution in [0.4, 0.5) is 11.5 Å². The number of fused-ring (bicyclic) bond motifs is 1. The number of rotatable bonds is 5. The number of pyridine rings is 1. The summed E-state index contributed by atoms with van der Waals surface area (Å²) in [6.45, 7) is 1.94. The minimum atomic E-state index is -3.37. The van der Waals surface area contributed by atoms with Gasteiger partial charge in [-0.3, -0.25) is 9.71 Å². The molecule has 3 rings (SSSR count). The summed E-state index contributed by atoms with van der Waals surface area (Å²) < 4.78 is 25.4. The second-order valence-corrected chi connectivity index (χ2v) is 8.83. The molecule has 0 aliphatic rings. The van der Waals surface area contributed by atoms with Crippen molar-refractivity contribution in [2.24, 2.45) is 0 Å². The molecule has 3 aromatic heterocycles. The quantitative estimate of drug-likeness (QED) is 0.342. The molecule has 1 unspecified atom stereocenters. The highest BCUT2D eigenvalue weighted by Gasteiger charge is 2.15. The number of aromatic nitrogens is 4. The van der Waals surface area contributed by atoms with E-state index in [4.69, 9.17) is 17.3 Å². The van der Waals surface area contributed by atoms with Crippen LogP contribution >= 0.6 is 23.4 Å². The van der Waals surface area contributed by atoms with Gasteiger partial charge in [0.15, 0.2) is 5.16 Å². The molecule has 3 aromatic rings. The van der Waals surface area contributed by atoms with Gasteiger partial charge in [0.25, 0.3) is 0 Å². The van der Waals surface area contributed by atoms with Crippen LogP contribution in [0.2, 0.25) is 5.15 Å². The van der Waals surface area contributed by atoms with Gasteiger partial charge in [-0.2, -0.15) is 0 Å². The van der Waals surface area contributed by atoms with Gasteiger partial charge in [-0.1, -0.05) is 23.4 Å². The Balaban J connectivity index is 1.91. The fourth-order valence-electron chi connectivity index (χ4n) is 2.23. The molecule has 0 saturated heterocycles. The second kappa shape index (κ2) is 6.70. The summed E-state index contributed by atoms with van der Waals surface area (Å²) in [6, 6.07) is 3.30. The Morgan fingerprint density at radius 1 is 1.36 bits per heavy atom. The fourth-order valence-corrected chi connectivity index (χ4v) is 3.91. The Morgan fingerprint density at radius 3 is 2.80 bits per heavy atom. The molecule has 11 heteroatoms. The van der Waals surface area contributed by atoms with E-state index in [1.165, 1.54) is 17.8 Å². The Morgan fingerprint density at radius 2 is 2.12 bits per heavy atom. The van der Waals surface area contributed by atoms with Crippen LogP contribution in [-0.2, 0) is 10.0 Å². The molecule has 4 N–H and O–H groups in total. The molecule has 132 valence electrons.